The molecule has 0 bridgehead atoms. The van der Waals surface area contributed by atoms with Gasteiger partial charge in [-0.1, -0.05) is 24.3 Å². The van der Waals surface area contributed by atoms with Crippen LogP contribution in [0.4, 0.5) is 5.69 Å². The Morgan fingerprint density at radius 1 is 1.17 bits per heavy atom. The molecule has 0 radical (unpaired) electrons. The highest BCUT2D eigenvalue weighted by Gasteiger charge is 2.20. The third-order valence-corrected chi connectivity index (χ3v) is 5.16. The van der Waals surface area contributed by atoms with Gasteiger partial charge in [0.2, 0.25) is 0 Å². The normalized spacial score (nSPS) is 16.8. The number of benzene rings is 2. The Morgan fingerprint density at radius 2 is 2.00 bits per heavy atom. The van der Waals surface area contributed by atoms with E-state index in [9.17, 15) is 9.90 Å². The van der Waals surface area contributed by atoms with Gasteiger partial charge in [0, 0.05) is 37.1 Å². The van der Waals surface area contributed by atoms with Crippen molar-refractivity contribution in [2.24, 2.45) is 0 Å². The molecule has 1 atom stereocenters. The lowest BCUT2D eigenvalue weighted by atomic mass is 10.1. The SMILES string of the molecule is Cc1cnn(Cc2ccc(C(=O)Nc3cccc(CN4CCC(O)C4)c3)cc2)c1. The molecule has 1 aromatic heterocycles. The zero-order chi connectivity index (χ0) is 20.2. The van der Waals surface area contributed by atoms with Crippen LogP contribution >= 0.6 is 0 Å². The highest BCUT2D eigenvalue weighted by atomic mass is 16.3. The number of carbonyl (C=O) groups excluding carboxylic acids is 1. The Morgan fingerprint density at radius 3 is 2.69 bits per heavy atom. The summed E-state index contributed by atoms with van der Waals surface area (Å²) in [5, 5.41) is 17.0. The number of hydrogen-bond donors (Lipinski definition) is 2. The molecular formula is C23H26N4O2. The number of β-amino-alcohol motifs (C(OH)–C–C–N with tert-alkyl or cyclic N) is 1. The van der Waals surface area contributed by atoms with Gasteiger partial charge in [-0.2, -0.15) is 5.10 Å². The first kappa shape index (κ1) is 19.4. The number of nitrogens with one attached hydrogen (secondary N) is 1. The van der Waals surface area contributed by atoms with E-state index < -0.39 is 0 Å². The monoisotopic (exact) mass is 390 g/mol. The molecule has 0 spiro atoms. The van der Waals surface area contributed by atoms with E-state index in [1.165, 1.54) is 0 Å². The van der Waals surface area contributed by atoms with Gasteiger partial charge in [0.15, 0.2) is 0 Å². The van der Waals surface area contributed by atoms with Crippen LogP contribution in [0.3, 0.4) is 0 Å². The fourth-order valence-electron chi connectivity index (χ4n) is 3.67. The number of hydrogen-bond acceptors (Lipinski definition) is 4. The van der Waals surface area contributed by atoms with Crippen molar-refractivity contribution < 1.29 is 9.90 Å². The average molecular weight is 390 g/mol. The van der Waals surface area contributed by atoms with Crippen molar-refractivity contribution in [2.45, 2.75) is 32.5 Å². The molecule has 4 rings (SSSR count). The third kappa shape index (κ3) is 5.10. The zero-order valence-electron chi connectivity index (χ0n) is 16.6. The lowest BCUT2D eigenvalue weighted by molar-refractivity contribution is 0.102. The molecule has 29 heavy (non-hydrogen) atoms. The Kier molecular flexibility index (Phi) is 5.74. The fourth-order valence-corrected chi connectivity index (χ4v) is 3.67. The lowest BCUT2D eigenvalue weighted by Crippen LogP contribution is -2.21. The van der Waals surface area contributed by atoms with Gasteiger partial charge in [0.25, 0.3) is 5.91 Å². The molecule has 6 nitrogen and oxygen atoms in total. The summed E-state index contributed by atoms with van der Waals surface area (Å²) < 4.78 is 1.88. The van der Waals surface area contributed by atoms with E-state index in [1.807, 2.05) is 72.5 Å². The number of aliphatic hydroxyl groups is 1. The predicted octanol–water partition coefficient (Wildman–Crippen LogP) is 3.06. The number of amides is 1. The van der Waals surface area contributed by atoms with E-state index in [4.69, 9.17) is 0 Å². The topological polar surface area (TPSA) is 70.4 Å². The van der Waals surface area contributed by atoms with Gasteiger partial charge in [-0.05, 0) is 54.3 Å². The minimum absolute atomic E-state index is 0.125. The predicted molar refractivity (Wildman–Crippen MR) is 113 cm³/mol. The van der Waals surface area contributed by atoms with E-state index in [-0.39, 0.29) is 12.0 Å². The zero-order valence-corrected chi connectivity index (χ0v) is 16.6. The van der Waals surface area contributed by atoms with E-state index >= 15 is 0 Å². The van der Waals surface area contributed by atoms with Crippen molar-refractivity contribution in [2.75, 3.05) is 18.4 Å². The maximum absolute atomic E-state index is 12.6. The fraction of sp³-hybridized carbons (Fsp3) is 0.304. The number of rotatable bonds is 6. The molecule has 1 saturated heterocycles. The van der Waals surface area contributed by atoms with Gasteiger partial charge < -0.3 is 10.4 Å². The average Bonchev–Trinajstić information content (AvgIpc) is 3.30. The minimum atomic E-state index is -0.224. The molecule has 6 heteroatoms. The van der Waals surface area contributed by atoms with Crippen LogP contribution in [0.2, 0.25) is 0 Å². The Bertz CT molecular complexity index is 981. The van der Waals surface area contributed by atoms with Crippen LogP contribution in [0.5, 0.6) is 0 Å². The van der Waals surface area contributed by atoms with Crippen LogP contribution in [0.1, 0.15) is 33.5 Å². The van der Waals surface area contributed by atoms with Gasteiger partial charge in [-0.25, -0.2) is 0 Å². The molecule has 1 unspecified atom stereocenters. The van der Waals surface area contributed by atoms with Gasteiger partial charge in [0.1, 0.15) is 0 Å². The van der Waals surface area contributed by atoms with Gasteiger partial charge in [0.05, 0.1) is 18.8 Å². The summed E-state index contributed by atoms with van der Waals surface area (Å²) >= 11 is 0. The molecular weight excluding hydrogens is 364 g/mol. The maximum atomic E-state index is 12.6. The van der Waals surface area contributed by atoms with Gasteiger partial charge >= 0.3 is 0 Å². The molecule has 0 aliphatic carbocycles. The molecule has 1 aliphatic heterocycles. The summed E-state index contributed by atoms with van der Waals surface area (Å²) in [5.41, 5.74) is 4.76. The van der Waals surface area contributed by atoms with E-state index in [1.54, 1.807) is 0 Å². The van der Waals surface area contributed by atoms with Crippen molar-refractivity contribution in [1.82, 2.24) is 14.7 Å². The number of carbonyl (C=O) groups is 1. The van der Waals surface area contributed by atoms with Crippen LogP contribution in [0.15, 0.2) is 60.9 Å². The van der Waals surface area contributed by atoms with Gasteiger partial charge in [-0.3, -0.25) is 14.4 Å². The summed E-state index contributed by atoms with van der Waals surface area (Å²) in [6.07, 6.45) is 4.43. The van der Waals surface area contributed by atoms with Crippen molar-refractivity contribution in [3.05, 3.63) is 83.2 Å². The Labute approximate surface area is 170 Å². The summed E-state index contributed by atoms with van der Waals surface area (Å²) in [6.45, 7) is 5.09. The second-order valence-corrected chi connectivity index (χ2v) is 7.74. The summed E-state index contributed by atoms with van der Waals surface area (Å²) in [6, 6.07) is 15.5. The van der Waals surface area contributed by atoms with Crippen LogP contribution < -0.4 is 5.32 Å². The number of aryl methyl sites for hydroxylation is 1. The van der Waals surface area contributed by atoms with Crippen molar-refractivity contribution in [3.8, 4) is 0 Å². The molecule has 0 saturated carbocycles. The van der Waals surface area contributed by atoms with Crippen LogP contribution in [0, 0.1) is 6.92 Å². The molecule has 2 N–H and O–H groups in total. The highest BCUT2D eigenvalue weighted by Crippen LogP contribution is 2.17. The number of aliphatic hydroxyl groups excluding tert-OH is 1. The Hall–Kier alpha value is -2.96. The Balaban J connectivity index is 1.36. The van der Waals surface area contributed by atoms with Gasteiger partial charge in [-0.15, -0.1) is 0 Å². The first-order valence-electron chi connectivity index (χ1n) is 9.94. The smallest absolute Gasteiger partial charge is 0.255 e. The first-order valence-corrected chi connectivity index (χ1v) is 9.94. The second kappa shape index (κ2) is 8.59. The number of likely N-dealkylation sites (tertiary alicyclic amines) is 1. The van der Waals surface area contributed by atoms with Crippen molar-refractivity contribution >= 4 is 11.6 Å². The molecule has 1 amide bonds. The van der Waals surface area contributed by atoms with E-state index in [0.29, 0.717) is 18.7 Å². The largest absolute Gasteiger partial charge is 0.392 e. The lowest BCUT2D eigenvalue weighted by Gasteiger charge is -2.15. The quantitative estimate of drug-likeness (QED) is 0.679. The molecule has 1 aliphatic rings. The van der Waals surface area contributed by atoms with Crippen LogP contribution in [-0.4, -0.2) is 44.9 Å². The summed E-state index contributed by atoms with van der Waals surface area (Å²) in [4.78, 5) is 14.8. The highest BCUT2D eigenvalue weighted by molar-refractivity contribution is 6.04. The summed E-state index contributed by atoms with van der Waals surface area (Å²) in [5.74, 6) is -0.125. The van der Waals surface area contributed by atoms with Crippen molar-refractivity contribution in [3.63, 3.8) is 0 Å². The van der Waals surface area contributed by atoms with Crippen LogP contribution in [-0.2, 0) is 13.1 Å². The maximum Gasteiger partial charge on any atom is 0.255 e. The summed E-state index contributed by atoms with van der Waals surface area (Å²) in [7, 11) is 0. The number of aromatic nitrogens is 2. The molecule has 150 valence electrons. The van der Waals surface area contributed by atoms with Crippen LogP contribution in [0.25, 0.3) is 0 Å². The second-order valence-electron chi connectivity index (χ2n) is 7.74. The third-order valence-electron chi connectivity index (χ3n) is 5.16. The number of nitrogens with zero attached hydrogens (tertiary/aromatic N) is 3. The van der Waals surface area contributed by atoms with E-state index in [2.05, 4.69) is 15.3 Å². The molecule has 2 heterocycles. The number of anilines is 1. The minimum Gasteiger partial charge on any atom is -0.392 e. The standard InChI is InChI=1S/C23H26N4O2/c1-17-12-24-27(13-17)15-18-5-7-20(8-6-18)23(29)25-21-4-2-3-19(11-21)14-26-10-9-22(28)16-26/h2-8,11-13,22,28H,9-10,14-16H2,1H3,(H,25,29). The molecule has 3 aromatic rings. The van der Waals surface area contributed by atoms with E-state index in [0.717, 1.165) is 41.9 Å². The molecule has 1 fully saturated rings. The van der Waals surface area contributed by atoms with Crippen molar-refractivity contribution in [1.29, 1.82) is 0 Å². The molecule has 2 aromatic carbocycles. The first-order chi connectivity index (χ1) is 14.0.